The van der Waals surface area contributed by atoms with Crippen LogP contribution in [0.4, 0.5) is 0 Å². The predicted octanol–water partition coefficient (Wildman–Crippen LogP) is 2.10. The van der Waals surface area contributed by atoms with E-state index in [-0.39, 0.29) is 18.5 Å². The minimum absolute atomic E-state index is 0.0730. The summed E-state index contributed by atoms with van der Waals surface area (Å²) in [5.41, 5.74) is 1.04. The van der Waals surface area contributed by atoms with Crippen molar-refractivity contribution in [2.75, 3.05) is 19.6 Å². The lowest BCUT2D eigenvalue weighted by Crippen LogP contribution is -2.39. The molecule has 0 aliphatic carbocycles. The van der Waals surface area contributed by atoms with Crippen LogP contribution in [0.15, 0.2) is 30.3 Å². The number of hydrogen-bond acceptors (Lipinski definition) is 3. The smallest absolute Gasteiger partial charge is 0.236 e. The van der Waals surface area contributed by atoms with Gasteiger partial charge in [0.15, 0.2) is 0 Å². The quantitative estimate of drug-likeness (QED) is 0.816. The first-order valence-electron chi connectivity index (χ1n) is 6.65. The molecule has 0 aromatic heterocycles. The molecule has 0 aliphatic rings. The molecule has 0 aliphatic heterocycles. The Hall–Kier alpha value is -1.86. The van der Waals surface area contributed by atoms with Crippen molar-refractivity contribution in [1.82, 2.24) is 10.2 Å². The summed E-state index contributed by atoms with van der Waals surface area (Å²) in [6, 6.07) is 11.8. The Labute approximate surface area is 115 Å². The molecule has 102 valence electrons. The topological polar surface area (TPSA) is 56.1 Å². The molecule has 1 aromatic rings. The van der Waals surface area contributed by atoms with E-state index >= 15 is 0 Å². The van der Waals surface area contributed by atoms with E-state index in [2.05, 4.69) is 11.4 Å². The summed E-state index contributed by atoms with van der Waals surface area (Å²) in [5, 5.41) is 12.1. The largest absolute Gasteiger partial charge is 0.342 e. The highest BCUT2D eigenvalue weighted by Crippen LogP contribution is 2.15. The Kier molecular flexibility index (Phi) is 6.62. The summed E-state index contributed by atoms with van der Waals surface area (Å²) in [4.78, 5) is 13.7. The van der Waals surface area contributed by atoms with Gasteiger partial charge in [0.05, 0.1) is 19.0 Å². The van der Waals surface area contributed by atoms with Gasteiger partial charge in [-0.25, -0.2) is 0 Å². The van der Waals surface area contributed by atoms with Crippen LogP contribution in [0, 0.1) is 11.3 Å². The van der Waals surface area contributed by atoms with Crippen molar-refractivity contribution < 1.29 is 4.79 Å². The number of rotatable bonds is 7. The second kappa shape index (κ2) is 8.28. The molecule has 0 fully saturated rings. The van der Waals surface area contributed by atoms with Crippen molar-refractivity contribution in [2.45, 2.75) is 26.3 Å². The van der Waals surface area contributed by atoms with Gasteiger partial charge in [0, 0.05) is 19.1 Å². The first-order valence-corrected chi connectivity index (χ1v) is 6.65. The van der Waals surface area contributed by atoms with E-state index in [1.807, 2.05) is 44.2 Å². The third-order valence-corrected chi connectivity index (χ3v) is 3.11. The lowest BCUT2D eigenvalue weighted by atomic mass is 10.0. The van der Waals surface area contributed by atoms with E-state index in [1.54, 1.807) is 4.90 Å². The fourth-order valence-corrected chi connectivity index (χ4v) is 1.98. The molecule has 19 heavy (non-hydrogen) atoms. The molecule has 1 amide bonds. The maximum atomic E-state index is 11.9. The highest BCUT2D eigenvalue weighted by Gasteiger charge is 2.14. The molecule has 0 heterocycles. The predicted molar refractivity (Wildman–Crippen MR) is 75.3 cm³/mol. The van der Waals surface area contributed by atoms with E-state index in [0.29, 0.717) is 19.5 Å². The Balaban J connectivity index is 2.61. The average molecular weight is 259 g/mol. The number of carbonyl (C=O) groups is 1. The van der Waals surface area contributed by atoms with Gasteiger partial charge in [-0.3, -0.25) is 4.79 Å². The normalized spacial score (nSPS) is 11.6. The number of nitriles is 1. The molecule has 1 N–H and O–H groups in total. The van der Waals surface area contributed by atoms with Crippen LogP contribution in [0.1, 0.15) is 31.9 Å². The van der Waals surface area contributed by atoms with Crippen LogP contribution in [-0.4, -0.2) is 30.4 Å². The van der Waals surface area contributed by atoms with Crippen molar-refractivity contribution in [1.29, 1.82) is 5.26 Å². The molecule has 1 unspecified atom stereocenters. The van der Waals surface area contributed by atoms with Crippen LogP contribution in [0.2, 0.25) is 0 Å². The van der Waals surface area contributed by atoms with Gasteiger partial charge in [0.1, 0.15) is 0 Å². The summed E-state index contributed by atoms with van der Waals surface area (Å²) in [7, 11) is 0. The minimum atomic E-state index is -0.0919. The second-order valence-corrected chi connectivity index (χ2v) is 4.27. The van der Waals surface area contributed by atoms with Crippen molar-refractivity contribution in [2.24, 2.45) is 0 Å². The first kappa shape index (κ1) is 15.2. The Bertz CT molecular complexity index is 421. The molecule has 0 radical (unpaired) electrons. The van der Waals surface area contributed by atoms with Crippen LogP contribution in [0.25, 0.3) is 0 Å². The van der Waals surface area contributed by atoms with Crippen LogP contribution in [0.3, 0.4) is 0 Å². The van der Waals surface area contributed by atoms with Gasteiger partial charge in [0.2, 0.25) is 5.91 Å². The summed E-state index contributed by atoms with van der Waals surface area (Å²) < 4.78 is 0. The SMILES string of the molecule is CCN(CC)C(=O)CNC(CC#N)c1ccccc1. The maximum absolute atomic E-state index is 11.9. The van der Waals surface area contributed by atoms with Gasteiger partial charge < -0.3 is 10.2 Å². The van der Waals surface area contributed by atoms with Gasteiger partial charge in [-0.1, -0.05) is 30.3 Å². The van der Waals surface area contributed by atoms with Gasteiger partial charge in [-0.2, -0.15) is 5.26 Å². The van der Waals surface area contributed by atoms with E-state index in [1.165, 1.54) is 0 Å². The van der Waals surface area contributed by atoms with E-state index in [0.717, 1.165) is 5.56 Å². The molecule has 0 saturated heterocycles. The zero-order chi connectivity index (χ0) is 14.1. The third-order valence-electron chi connectivity index (χ3n) is 3.11. The van der Waals surface area contributed by atoms with Crippen LogP contribution in [-0.2, 0) is 4.79 Å². The highest BCUT2D eigenvalue weighted by atomic mass is 16.2. The Morgan fingerprint density at radius 3 is 2.47 bits per heavy atom. The Morgan fingerprint density at radius 1 is 1.32 bits per heavy atom. The van der Waals surface area contributed by atoms with Crippen molar-refractivity contribution in [3.05, 3.63) is 35.9 Å². The number of likely N-dealkylation sites (N-methyl/N-ethyl adjacent to an activating group) is 1. The molecular weight excluding hydrogens is 238 g/mol. The molecule has 4 nitrogen and oxygen atoms in total. The van der Waals surface area contributed by atoms with E-state index < -0.39 is 0 Å². The highest BCUT2D eigenvalue weighted by molar-refractivity contribution is 5.78. The number of nitrogens with zero attached hydrogens (tertiary/aromatic N) is 2. The molecule has 1 atom stereocenters. The standard InChI is InChI=1S/C15H21N3O/c1-3-18(4-2)15(19)12-17-14(10-11-16)13-8-6-5-7-9-13/h5-9,14,17H,3-4,10,12H2,1-2H3. The monoisotopic (exact) mass is 259 g/mol. The average Bonchev–Trinajstić information content (AvgIpc) is 2.45. The number of nitrogens with one attached hydrogen (secondary N) is 1. The van der Waals surface area contributed by atoms with Crippen LogP contribution < -0.4 is 5.32 Å². The van der Waals surface area contributed by atoms with Crippen molar-refractivity contribution in [3.8, 4) is 6.07 Å². The minimum Gasteiger partial charge on any atom is -0.342 e. The summed E-state index contributed by atoms with van der Waals surface area (Å²) in [6.45, 7) is 5.62. The number of benzene rings is 1. The number of amides is 1. The van der Waals surface area contributed by atoms with Gasteiger partial charge in [-0.15, -0.1) is 0 Å². The fourth-order valence-electron chi connectivity index (χ4n) is 1.98. The van der Waals surface area contributed by atoms with Gasteiger partial charge in [0.25, 0.3) is 0 Å². The fraction of sp³-hybridized carbons (Fsp3) is 0.467. The summed E-state index contributed by atoms with van der Waals surface area (Å²) in [6.07, 6.45) is 0.357. The van der Waals surface area contributed by atoms with E-state index in [4.69, 9.17) is 5.26 Å². The summed E-state index contributed by atoms with van der Waals surface area (Å²) >= 11 is 0. The van der Waals surface area contributed by atoms with Crippen LogP contribution in [0.5, 0.6) is 0 Å². The molecule has 0 saturated carbocycles. The molecule has 0 spiro atoms. The molecule has 0 bridgehead atoms. The number of hydrogen-bond donors (Lipinski definition) is 1. The number of carbonyl (C=O) groups excluding carboxylic acids is 1. The molecular formula is C15H21N3O. The zero-order valence-electron chi connectivity index (χ0n) is 11.6. The van der Waals surface area contributed by atoms with Gasteiger partial charge >= 0.3 is 0 Å². The van der Waals surface area contributed by atoms with Crippen molar-refractivity contribution >= 4 is 5.91 Å². The Morgan fingerprint density at radius 2 is 1.95 bits per heavy atom. The zero-order valence-corrected chi connectivity index (χ0v) is 11.6. The maximum Gasteiger partial charge on any atom is 0.236 e. The summed E-state index contributed by atoms with van der Waals surface area (Å²) in [5.74, 6) is 0.0730. The molecule has 1 rings (SSSR count). The first-order chi connectivity index (χ1) is 9.22. The van der Waals surface area contributed by atoms with E-state index in [9.17, 15) is 4.79 Å². The third kappa shape index (κ3) is 4.72. The molecule has 1 aromatic carbocycles. The lowest BCUT2D eigenvalue weighted by Gasteiger charge is -2.21. The second-order valence-electron chi connectivity index (χ2n) is 4.27. The van der Waals surface area contributed by atoms with Gasteiger partial charge in [-0.05, 0) is 19.4 Å². The lowest BCUT2D eigenvalue weighted by molar-refractivity contribution is -0.130. The van der Waals surface area contributed by atoms with Crippen molar-refractivity contribution in [3.63, 3.8) is 0 Å². The van der Waals surface area contributed by atoms with Crippen LogP contribution >= 0.6 is 0 Å². The molecule has 4 heteroatoms.